The lowest BCUT2D eigenvalue weighted by atomic mass is 9.90. The maximum atomic E-state index is 12.6. The quantitative estimate of drug-likeness (QED) is 0.894. The highest BCUT2D eigenvalue weighted by Gasteiger charge is 2.59. The highest BCUT2D eigenvalue weighted by atomic mass is 16.4. The van der Waals surface area contributed by atoms with Crippen molar-refractivity contribution in [3.63, 3.8) is 0 Å². The SMILES string of the molecule is O=C(O)C1CC12CCN(C(=O)c1cc3ccccc3[nH]1)CC2. The molecule has 1 aromatic heterocycles. The zero-order valence-corrected chi connectivity index (χ0v) is 12.2. The summed E-state index contributed by atoms with van der Waals surface area (Å²) >= 11 is 0. The van der Waals surface area contributed by atoms with Crippen molar-refractivity contribution < 1.29 is 14.7 Å². The normalized spacial score (nSPS) is 22.9. The van der Waals surface area contributed by atoms with E-state index in [1.54, 1.807) is 0 Å². The number of carbonyl (C=O) groups is 2. The molecule has 1 saturated heterocycles. The monoisotopic (exact) mass is 298 g/mol. The van der Waals surface area contributed by atoms with Crippen molar-refractivity contribution in [1.29, 1.82) is 0 Å². The Morgan fingerprint density at radius 3 is 2.59 bits per heavy atom. The molecule has 5 heteroatoms. The number of nitrogens with one attached hydrogen (secondary N) is 1. The maximum Gasteiger partial charge on any atom is 0.307 e. The summed E-state index contributed by atoms with van der Waals surface area (Å²) in [6.07, 6.45) is 2.38. The Morgan fingerprint density at radius 1 is 1.23 bits per heavy atom. The second-order valence-corrected chi connectivity index (χ2v) is 6.52. The molecule has 22 heavy (non-hydrogen) atoms. The molecule has 1 aliphatic carbocycles. The first kappa shape index (κ1) is 13.4. The molecule has 2 N–H and O–H groups in total. The smallest absolute Gasteiger partial charge is 0.307 e. The van der Waals surface area contributed by atoms with Gasteiger partial charge in [0.1, 0.15) is 5.69 Å². The van der Waals surface area contributed by atoms with E-state index in [9.17, 15) is 9.59 Å². The second-order valence-electron chi connectivity index (χ2n) is 6.52. The Hall–Kier alpha value is -2.30. The van der Waals surface area contributed by atoms with Crippen molar-refractivity contribution >= 4 is 22.8 Å². The molecule has 2 fully saturated rings. The number of carboxylic acids is 1. The molecule has 1 unspecified atom stereocenters. The van der Waals surface area contributed by atoms with Gasteiger partial charge in [-0.1, -0.05) is 18.2 Å². The second kappa shape index (κ2) is 4.60. The van der Waals surface area contributed by atoms with Crippen molar-refractivity contribution in [2.24, 2.45) is 11.3 Å². The number of hydrogen-bond acceptors (Lipinski definition) is 2. The van der Waals surface area contributed by atoms with Crippen LogP contribution in [-0.4, -0.2) is 40.0 Å². The van der Waals surface area contributed by atoms with Gasteiger partial charge < -0.3 is 15.0 Å². The van der Waals surface area contributed by atoms with Crippen LogP contribution < -0.4 is 0 Å². The highest BCUT2D eigenvalue weighted by molar-refractivity contribution is 5.98. The van der Waals surface area contributed by atoms with E-state index in [2.05, 4.69) is 4.98 Å². The number of carbonyl (C=O) groups excluding carboxylic acids is 1. The van der Waals surface area contributed by atoms with E-state index in [-0.39, 0.29) is 17.2 Å². The third kappa shape index (κ3) is 2.00. The van der Waals surface area contributed by atoms with Gasteiger partial charge in [0.2, 0.25) is 0 Å². The molecular weight excluding hydrogens is 280 g/mol. The third-order valence-corrected chi connectivity index (χ3v) is 5.29. The molecule has 1 atom stereocenters. The van der Waals surface area contributed by atoms with Crippen LogP contribution in [0.1, 0.15) is 29.8 Å². The number of rotatable bonds is 2. The summed E-state index contributed by atoms with van der Waals surface area (Å²) in [6, 6.07) is 9.72. The van der Waals surface area contributed by atoms with E-state index in [4.69, 9.17) is 5.11 Å². The Morgan fingerprint density at radius 2 is 1.95 bits per heavy atom. The summed E-state index contributed by atoms with van der Waals surface area (Å²) in [4.78, 5) is 28.7. The number of likely N-dealkylation sites (tertiary alicyclic amines) is 1. The van der Waals surface area contributed by atoms with Crippen molar-refractivity contribution in [3.05, 3.63) is 36.0 Å². The molecule has 4 rings (SSSR count). The van der Waals surface area contributed by atoms with Gasteiger partial charge in [0.15, 0.2) is 0 Å². The van der Waals surface area contributed by atoms with Crippen LogP contribution in [0.5, 0.6) is 0 Å². The predicted octanol–water partition coefficient (Wildman–Crippen LogP) is 2.49. The topological polar surface area (TPSA) is 73.4 Å². The molecule has 1 saturated carbocycles. The van der Waals surface area contributed by atoms with Crippen LogP contribution in [0.15, 0.2) is 30.3 Å². The number of para-hydroxylation sites is 1. The average molecular weight is 298 g/mol. The summed E-state index contributed by atoms with van der Waals surface area (Å²) in [5, 5.41) is 10.2. The van der Waals surface area contributed by atoms with E-state index in [0.717, 1.165) is 30.2 Å². The number of fused-ring (bicyclic) bond motifs is 1. The third-order valence-electron chi connectivity index (χ3n) is 5.29. The number of hydrogen-bond donors (Lipinski definition) is 2. The van der Waals surface area contributed by atoms with E-state index < -0.39 is 5.97 Å². The van der Waals surface area contributed by atoms with Gasteiger partial charge in [-0.3, -0.25) is 9.59 Å². The summed E-state index contributed by atoms with van der Waals surface area (Å²) in [5.41, 5.74) is 1.54. The number of nitrogens with zero attached hydrogens (tertiary/aromatic N) is 1. The molecule has 1 spiro atoms. The molecule has 1 aromatic carbocycles. The zero-order valence-electron chi connectivity index (χ0n) is 12.2. The lowest BCUT2D eigenvalue weighted by Gasteiger charge is -2.32. The van der Waals surface area contributed by atoms with Gasteiger partial charge >= 0.3 is 5.97 Å². The predicted molar refractivity (Wildman–Crippen MR) is 81.6 cm³/mol. The summed E-state index contributed by atoms with van der Waals surface area (Å²) in [6.45, 7) is 1.30. The summed E-state index contributed by atoms with van der Waals surface area (Å²) in [7, 11) is 0. The molecule has 5 nitrogen and oxygen atoms in total. The lowest BCUT2D eigenvalue weighted by Crippen LogP contribution is -2.40. The lowest BCUT2D eigenvalue weighted by molar-refractivity contribution is -0.139. The largest absolute Gasteiger partial charge is 0.481 e. The zero-order chi connectivity index (χ0) is 15.3. The maximum absolute atomic E-state index is 12.6. The van der Waals surface area contributed by atoms with Crippen LogP contribution in [-0.2, 0) is 4.79 Å². The fraction of sp³-hybridized carbons (Fsp3) is 0.412. The van der Waals surface area contributed by atoms with E-state index in [1.807, 2.05) is 35.2 Å². The minimum atomic E-state index is -0.685. The number of H-pyrrole nitrogens is 1. The Kier molecular flexibility index (Phi) is 2.79. The molecule has 114 valence electrons. The van der Waals surface area contributed by atoms with Gasteiger partial charge in [-0.15, -0.1) is 0 Å². The van der Waals surface area contributed by atoms with Crippen LogP contribution in [0, 0.1) is 11.3 Å². The van der Waals surface area contributed by atoms with Crippen LogP contribution in [0.3, 0.4) is 0 Å². The Labute approximate surface area is 127 Å². The van der Waals surface area contributed by atoms with E-state index in [0.29, 0.717) is 18.8 Å². The van der Waals surface area contributed by atoms with Crippen molar-refractivity contribution in [1.82, 2.24) is 9.88 Å². The molecule has 2 aromatic rings. The fourth-order valence-corrected chi connectivity index (χ4v) is 3.76. The van der Waals surface area contributed by atoms with E-state index in [1.165, 1.54) is 0 Å². The minimum Gasteiger partial charge on any atom is -0.481 e. The fourth-order valence-electron chi connectivity index (χ4n) is 3.76. The number of benzene rings is 1. The first-order valence-electron chi connectivity index (χ1n) is 7.69. The number of piperidine rings is 1. The molecule has 0 bridgehead atoms. The molecule has 2 heterocycles. The number of aliphatic carboxylic acids is 1. The molecule has 2 aliphatic rings. The van der Waals surface area contributed by atoms with Gasteiger partial charge in [-0.25, -0.2) is 0 Å². The first-order chi connectivity index (χ1) is 10.6. The first-order valence-corrected chi connectivity index (χ1v) is 7.69. The average Bonchev–Trinajstić information content (AvgIpc) is 3.06. The molecular formula is C17H18N2O3. The van der Waals surface area contributed by atoms with Crippen molar-refractivity contribution in [2.45, 2.75) is 19.3 Å². The number of amides is 1. The van der Waals surface area contributed by atoms with Crippen LogP contribution in [0.2, 0.25) is 0 Å². The van der Waals surface area contributed by atoms with Gasteiger partial charge in [0, 0.05) is 24.0 Å². The Balaban J connectivity index is 1.47. The minimum absolute atomic E-state index is 0.0126. The number of aromatic amines is 1. The molecule has 1 aliphatic heterocycles. The highest BCUT2D eigenvalue weighted by Crippen LogP contribution is 2.59. The summed E-state index contributed by atoms with van der Waals surface area (Å²) in [5.74, 6) is -0.869. The van der Waals surface area contributed by atoms with Crippen LogP contribution >= 0.6 is 0 Å². The van der Waals surface area contributed by atoms with Gasteiger partial charge in [-0.05, 0) is 36.8 Å². The van der Waals surface area contributed by atoms with Gasteiger partial charge in [0.05, 0.1) is 5.92 Å². The molecule has 1 amide bonds. The van der Waals surface area contributed by atoms with Crippen LogP contribution in [0.4, 0.5) is 0 Å². The van der Waals surface area contributed by atoms with Gasteiger partial charge in [-0.2, -0.15) is 0 Å². The summed E-state index contributed by atoms with van der Waals surface area (Å²) < 4.78 is 0. The van der Waals surface area contributed by atoms with Crippen molar-refractivity contribution in [3.8, 4) is 0 Å². The van der Waals surface area contributed by atoms with Crippen LogP contribution in [0.25, 0.3) is 10.9 Å². The van der Waals surface area contributed by atoms with Gasteiger partial charge in [0.25, 0.3) is 5.91 Å². The van der Waals surface area contributed by atoms with E-state index >= 15 is 0 Å². The van der Waals surface area contributed by atoms with Crippen molar-refractivity contribution in [2.75, 3.05) is 13.1 Å². The Bertz CT molecular complexity index is 723. The standard InChI is InChI=1S/C17H18N2O3/c20-15(14-9-11-3-1-2-4-13(11)18-14)19-7-5-17(6-8-19)10-12(17)16(21)22/h1-4,9,12,18H,5-8,10H2,(H,21,22). The number of aromatic nitrogens is 1. The molecule has 0 radical (unpaired) electrons. The number of carboxylic acid groups (broad SMARTS) is 1.